The van der Waals surface area contributed by atoms with Gasteiger partial charge in [0.15, 0.2) is 6.10 Å². The Morgan fingerprint density at radius 2 is 0.456 bits per heavy atom. The van der Waals surface area contributed by atoms with Gasteiger partial charge in [0, 0.05) is 19.3 Å². The lowest BCUT2D eigenvalue weighted by Crippen LogP contribution is -2.30. The number of carbonyl (C=O) groups is 3. The summed E-state index contributed by atoms with van der Waals surface area (Å²) in [5.41, 5.74) is 0. The maximum absolute atomic E-state index is 13.0. The molecule has 0 aromatic heterocycles. The van der Waals surface area contributed by atoms with Gasteiger partial charge in [0.25, 0.3) is 0 Å². The molecule has 0 spiro atoms. The Bertz CT molecular complexity index is 1450. The van der Waals surface area contributed by atoms with E-state index in [9.17, 15) is 14.4 Å². The van der Waals surface area contributed by atoms with Gasteiger partial charge in [-0.25, -0.2) is 0 Å². The first-order valence-corrected chi connectivity index (χ1v) is 34.4. The first-order chi connectivity index (χ1) is 39.0. The monoisotopic (exact) mass is 1100 g/mol. The molecular formula is C73H130O6. The molecule has 1 unspecified atom stereocenters. The van der Waals surface area contributed by atoms with Gasteiger partial charge in [-0.2, -0.15) is 0 Å². The average Bonchev–Trinajstić information content (AvgIpc) is 3.45. The highest BCUT2D eigenvalue weighted by Gasteiger charge is 2.19. The summed E-state index contributed by atoms with van der Waals surface area (Å²) in [5.74, 6) is -0.888. The molecule has 6 nitrogen and oxygen atoms in total. The van der Waals surface area contributed by atoms with Crippen molar-refractivity contribution in [1.29, 1.82) is 0 Å². The molecule has 0 aliphatic carbocycles. The van der Waals surface area contributed by atoms with Gasteiger partial charge in [-0.3, -0.25) is 14.4 Å². The summed E-state index contributed by atoms with van der Waals surface area (Å²) in [7, 11) is 0. The van der Waals surface area contributed by atoms with Gasteiger partial charge in [-0.05, 0) is 96.3 Å². The molecule has 0 N–H and O–H groups in total. The fourth-order valence-electron chi connectivity index (χ4n) is 9.99. The number of esters is 3. The van der Waals surface area contributed by atoms with E-state index in [1.807, 2.05) is 0 Å². The molecule has 6 heteroatoms. The lowest BCUT2D eigenvalue weighted by Gasteiger charge is -2.18. The highest BCUT2D eigenvalue weighted by molar-refractivity contribution is 5.71. The van der Waals surface area contributed by atoms with Crippen LogP contribution in [0.25, 0.3) is 0 Å². The van der Waals surface area contributed by atoms with E-state index < -0.39 is 6.10 Å². The zero-order valence-electron chi connectivity index (χ0n) is 52.6. The van der Waals surface area contributed by atoms with Gasteiger partial charge >= 0.3 is 17.9 Å². The summed E-state index contributed by atoms with van der Waals surface area (Å²) in [6, 6.07) is 0. The second-order valence-corrected chi connectivity index (χ2v) is 23.1. The van der Waals surface area contributed by atoms with Gasteiger partial charge < -0.3 is 14.2 Å². The Morgan fingerprint density at radius 3 is 0.709 bits per heavy atom. The summed E-state index contributed by atoms with van der Waals surface area (Å²) < 4.78 is 17.0. The van der Waals surface area contributed by atoms with E-state index >= 15 is 0 Å². The molecule has 0 radical (unpaired) electrons. The van der Waals surface area contributed by atoms with E-state index in [-0.39, 0.29) is 31.1 Å². The van der Waals surface area contributed by atoms with E-state index in [4.69, 9.17) is 14.2 Å². The Balaban J connectivity index is 4.41. The van der Waals surface area contributed by atoms with Gasteiger partial charge in [0.05, 0.1) is 0 Å². The number of rotatable bonds is 63. The van der Waals surface area contributed by atoms with Crippen molar-refractivity contribution in [2.75, 3.05) is 13.2 Å². The molecule has 0 aromatic rings. The predicted molar refractivity (Wildman–Crippen MR) is 344 cm³/mol. The Morgan fingerprint density at radius 1 is 0.253 bits per heavy atom. The summed E-state index contributed by atoms with van der Waals surface area (Å²) >= 11 is 0. The van der Waals surface area contributed by atoms with Crippen LogP contribution in [0.1, 0.15) is 355 Å². The molecule has 0 saturated carbocycles. The van der Waals surface area contributed by atoms with Crippen molar-refractivity contribution in [2.24, 2.45) is 0 Å². The van der Waals surface area contributed by atoms with E-state index in [2.05, 4.69) is 93.7 Å². The lowest BCUT2D eigenvalue weighted by atomic mass is 10.0. The quantitative estimate of drug-likeness (QED) is 0.0261. The van der Waals surface area contributed by atoms with Gasteiger partial charge in [0.1, 0.15) is 13.2 Å². The first kappa shape index (κ1) is 75.8. The van der Waals surface area contributed by atoms with Crippen LogP contribution in [0.4, 0.5) is 0 Å². The van der Waals surface area contributed by atoms with Gasteiger partial charge in [0.2, 0.25) is 0 Å². The fourth-order valence-corrected chi connectivity index (χ4v) is 9.99. The van der Waals surface area contributed by atoms with Crippen molar-refractivity contribution >= 4 is 17.9 Å². The molecule has 0 heterocycles. The molecule has 0 bridgehead atoms. The number of hydrogen-bond donors (Lipinski definition) is 0. The Kier molecular flexibility index (Phi) is 64.7. The van der Waals surface area contributed by atoms with Crippen LogP contribution in [0.15, 0.2) is 72.9 Å². The molecule has 0 aromatic carbocycles. The third-order valence-electron chi connectivity index (χ3n) is 15.2. The van der Waals surface area contributed by atoms with E-state index in [1.165, 1.54) is 212 Å². The van der Waals surface area contributed by atoms with Crippen LogP contribution in [0.5, 0.6) is 0 Å². The number of unbranched alkanes of at least 4 members (excludes halogenated alkanes) is 40. The van der Waals surface area contributed by atoms with Crippen LogP contribution in [-0.2, 0) is 28.6 Å². The standard InChI is InChI=1S/C73H130O6/c1-4-7-10-13-16-19-22-25-28-31-34-36-39-42-45-48-51-54-57-60-63-66-72(75)78-69-70(68-77-71(74)65-62-59-56-53-50-47-44-41-38-33-30-27-24-21-18-15-12-9-6-3)79-73(76)67-64-61-58-55-52-49-46-43-40-37-35-32-29-26-23-20-17-14-11-8-5-2/h22-23,25-26,31-32,34-35,39-40,42-43,70H,4-21,24,27-30,33,36-38,41,44-69H2,1-3H3/b25-22-,26-23-,34-31-,35-32-,42-39-,43-40-. The number of carbonyl (C=O) groups excluding carboxylic acids is 3. The second-order valence-electron chi connectivity index (χ2n) is 23.1. The lowest BCUT2D eigenvalue weighted by molar-refractivity contribution is -0.167. The van der Waals surface area contributed by atoms with Crippen molar-refractivity contribution in [3.05, 3.63) is 72.9 Å². The van der Waals surface area contributed by atoms with E-state index in [1.54, 1.807) is 0 Å². The van der Waals surface area contributed by atoms with Crippen molar-refractivity contribution in [3.63, 3.8) is 0 Å². The highest BCUT2D eigenvalue weighted by atomic mass is 16.6. The zero-order valence-corrected chi connectivity index (χ0v) is 52.6. The van der Waals surface area contributed by atoms with Gasteiger partial charge in [-0.1, -0.05) is 312 Å². The second kappa shape index (κ2) is 67.4. The van der Waals surface area contributed by atoms with Crippen molar-refractivity contribution in [2.45, 2.75) is 361 Å². The maximum Gasteiger partial charge on any atom is 0.306 e. The van der Waals surface area contributed by atoms with Crippen LogP contribution in [0.3, 0.4) is 0 Å². The van der Waals surface area contributed by atoms with Crippen molar-refractivity contribution in [3.8, 4) is 0 Å². The summed E-state index contributed by atoms with van der Waals surface area (Å²) in [5, 5.41) is 0. The first-order valence-electron chi connectivity index (χ1n) is 34.4. The number of ether oxygens (including phenoxy) is 3. The zero-order chi connectivity index (χ0) is 57.1. The van der Waals surface area contributed by atoms with Crippen LogP contribution < -0.4 is 0 Å². The molecule has 0 saturated heterocycles. The van der Waals surface area contributed by atoms with Crippen LogP contribution in [-0.4, -0.2) is 37.2 Å². The molecule has 79 heavy (non-hydrogen) atoms. The smallest absolute Gasteiger partial charge is 0.306 e. The minimum atomic E-state index is -0.789. The molecule has 458 valence electrons. The predicted octanol–water partition coefficient (Wildman–Crippen LogP) is 23.7. The fraction of sp³-hybridized carbons (Fsp3) is 0.795. The van der Waals surface area contributed by atoms with E-state index in [0.29, 0.717) is 19.3 Å². The molecule has 0 amide bonds. The molecule has 0 rings (SSSR count). The minimum absolute atomic E-state index is 0.0821. The maximum atomic E-state index is 13.0. The third kappa shape index (κ3) is 65.5. The topological polar surface area (TPSA) is 78.9 Å². The Hall–Kier alpha value is -3.15. The minimum Gasteiger partial charge on any atom is -0.462 e. The molecular weight excluding hydrogens is 973 g/mol. The van der Waals surface area contributed by atoms with Crippen molar-refractivity contribution in [1.82, 2.24) is 0 Å². The molecule has 0 aliphatic rings. The van der Waals surface area contributed by atoms with Crippen LogP contribution in [0, 0.1) is 0 Å². The molecule has 0 aliphatic heterocycles. The van der Waals surface area contributed by atoms with Crippen LogP contribution in [0.2, 0.25) is 0 Å². The largest absolute Gasteiger partial charge is 0.462 e. The highest BCUT2D eigenvalue weighted by Crippen LogP contribution is 2.17. The third-order valence-corrected chi connectivity index (χ3v) is 15.2. The number of hydrogen-bond acceptors (Lipinski definition) is 6. The van der Waals surface area contributed by atoms with Crippen molar-refractivity contribution < 1.29 is 28.6 Å². The SMILES string of the molecule is CCCCCCC/C=C\C/C=C\C/C=C\CCCCCCCCC(=O)OCC(COC(=O)CCCCCCCCCCCCCCCCCCCCC)OC(=O)CCCCCCCC/C=C\C/C=C\C/C=C\CCCCCCC. The normalized spacial score (nSPS) is 12.5. The molecule has 1 atom stereocenters. The average molecular weight is 1100 g/mol. The molecule has 0 fully saturated rings. The number of allylic oxidation sites excluding steroid dienone is 12. The summed E-state index contributed by atoms with van der Waals surface area (Å²) in [4.78, 5) is 38.4. The van der Waals surface area contributed by atoms with E-state index in [0.717, 1.165) is 103 Å². The summed E-state index contributed by atoms with van der Waals surface area (Å²) in [6.45, 7) is 6.65. The summed E-state index contributed by atoms with van der Waals surface area (Å²) in [6.07, 6.45) is 87.6. The van der Waals surface area contributed by atoms with Crippen LogP contribution >= 0.6 is 0 Å². The van der Waals surface area contributed by atoms with Gasteiger partial charge in [-0.15, -0.1) is 0 Å². The Labute approximate surface area is 491 Å².